The van der Waals surface area contributed by atoms with Gasteiger partial charge in [-0.15, -0.1) is 0 Å². The van der Waals surface area contributed by atoms with Crippen LogP contribution in [0.3, 0.4) is 0 Å². The molecule has 0 bridgehead atoms. The van der Waals surface area contributed by atoms with Gasteiger partial charge >= 0.3 is 0 Å². The van der Waals surface area contributed by atoms with E-state index in [0.29, 0.717) is 10.7 Å². The molecule has 1 amide bonds. The molecule has 0 saturated carbocycles. The standard InChI is InChI=1S/C17H16BrN3OS/c1-17(2,3)11-6-4-10(5-7-11)14(22)21-16-19-12-8-9-13(18)20-15(12)23-16/h4-9H,1-3H3,(H,19,21,22). The van der Waals surface area contributed by atoms with Crippen molar-refractivity contribution in [3.63, 3.8) is 0 Å². The molecule has 0 unspecified atom stereocenters. The van der Waals surface area contributed by atoms with E-state index in [0.717, 1.165) is 15.0 Å². The molecule has 0 fully saturated rings. The molecular formula is C17H16BrN3OS. The van der Waals surface area contributed by atoms with Gasteiger partial charge in [0.15, 0.2) is 5.13 Å². The number of carbonyl (C=O) groups excluding carboxylic acids is 1. The van der Waals surface area contributed by atoms with Crippen molar-refractivity contribution >= 4 is 48.7 Å². The number of hydrogen-bond acceptors (Lipinski definition) is 4. The van der Waals surface area contributed by atoms with E-state index in [9.17, 15) is 4.79 Å². The SMILES string of the molecule is CC(C)(C)c1ccc(C(=O)Nc2nc3ccc(Br)nc3s2)cc1. The van der Waals surface area contributed by atoms with Gasteiger partial charge in [-0.3, -0.25) is 10.1 Å². The maximum Gasteiger partial charge on any atom is 0.257 e. The van der Waals surface area contributed by atoms with E-state index < -0.39 is 0 Å². The lowest BCUT2D eigenvalue weighted by Gasteiger charge is -2.18. The van der Waals surface area contributed by atoms with E-state index in [1.165, 1.54) is 16.9 Å². The van der Waals surface area contributed by atoms with Crippen LogP contribution in [0.2, 0.25) is 0 Å². The van der Waals surface area contributed by atoms with E-state index in [2.05, 4.69) is 52.0 Å². The Morgan fingerprint density at radius 1 is 1.09 bits per heavy atom. The number of halogens is 1. The molecular weight excluding hydrogens is 374 g/mol. The fourth-order valence-electron chi connectivity index (χ4n) is 2.14. The molecule has 0 saturated heterocycles. The average Bonchev–Trinajstić information content (AvgIpc) is 2.87. The zero-order valence-corrected chi connectivity index (χ0v) is 15.5. The first kappa shape index (κ1) is 16.1. The number of aromatic nitrogens is 2. The maximum atomic E-state index is 12.3. The van der Waals surface area contributed by atoms with Gasteiger partial charge in [-0.05, 0) is 51.2 Å². The van der Waals surface area contributed by atoms with Crippen LogP contribution in [0.15, 0.2) is 41.0 Å². The highest BCUT2D eigenvalue weighted by Gasteiger charge is 2.15. The summed E-state index contributed by atoms with van der Waals surface area (Å²) >= 11 is 4.69. The second-order valence-corrected chi connectivity index (χ2v) is 8.05. The number of anilines is 1. The normalized spacial score (nSPS) is 11.7. The highest BCUT2D eigenvalue weighted by molar-refractivity contribution is 9.10. The maximum absolute atomic E-state index is 12.3. The second-order valence-electron chi connectivity index (χ2n) is 6.26. The van der Waals surface area contributed by atoms with Gasteiger partial charge in [0.2, 0.25) is 0 Å². The molecule has 6 heteroatoms. The number of benzene rings is 1. The Labute approximate surface area is 147 Å². The highest BCUT2D eigenvalue weighted by Crippen LogP contribution is 2.26. The van der Waals surface area contributed by atoms with Crippen LogP contribution in [-0.4, -0.2) is 15.9 Å². The zero-order chi connectivity index (χ0) is 16.6. The number of nitrogens with one attached hydrogen (secondary N) is 1. The van der Waals surface area contributed by atoms with Crippen molar-refractivity contribution in [1.29, 1.82) is 0 Å². The first-order valence-corrected chi connectivity index (χ1v) is 8.79. The molecule has 0 aliphatic rings. The number of thiazole rings is 1. The van der Waals surface area contributed by atoms with Crippen molar-refractivity contribution in [2.45, 2.75) is 26.2 Å². The van der Waals surface area contributed by atoms with Crippen molar-refractivity contribution in [3.8, 4) is 0 Å². The van der Waals surface area contributed by atoms with Gasteiger partial charge in [0.05, 0.1) is 0 Å². The molecule has 0 radical (unpaired) electrons. The summed E-state index contributed by atoms with van der Waals surface area (Å²) in [6, 6.07) is 11.4. The van der Waals surface area contributed by atoms with Gasteiger partial charge in [0.25, 0.3) is 5.91 Å². The smallest absolute Gasteiger partial charge is 0.257 e. The van der Waals surface area contributed by atoms with E-state index in [4.69, 9.17) is 0 Å². The van der Waals surface area contributed by atoms with Crippen LogP contribution >= 0.6 is 27.3 Å². The van der Waals surface area contributed by atoms with Crippen molar-refractivity contribution in [3.05, 3.63) is 52.1 Å². The molecule has 2 heterocycles. The first-order chi connectivity index (χ1) is 10.8. The number of amides is 1. The third-order valence-electron chi connectivity index (χ3n) is 3.46. The average molecular weight is 390 g/mol. The van der Waals surface area contributed by atoms with Gasteiger partial charge in [-0.2, -0.15) is 0 Å². The molecule has 3 rings (SSSR count). The molecule has 1 aromatic carbocycles. The van der Waals surface area contributed by atoms with Crippen molar-refractivity contribution in [1.82, 2.24) is 9.97 Å². The molecule has 0 atom stereocenters. The topological polar surface area (TPSA) is 54.9 Å². The summed E-state index contributed by atoms with van der Waals surface area (Å²) < 4.78 is 0.754. The molecule has 23 heavy (non-hydrogen) atoms. The molecule has 0 aliphatic heterocycles. The molecule has 4 nitrogen and oxygen atoms in total. The number of pyridine rings is 1. The Hall–Kier alpha value is -1.79. The van der Waals surface area contributed by atoms with E-state index in [-0.39, 0.29) is 11.3 Å². The molecule has 2 aromatic heterocycles. The summed E-state index contributed by atoms with van der Waals surface area (Å²) in [6.07, 6.45) is 0. The number of fused-ring (bicyclic) bond motifs is 1. The lowest BCUT2D eigenvalue weighted by Crippen LogP contribution is -2.14. The highest BCUT2D eigenvalue weighted by atomic mass is 79.9. The fraction of sp³-hybridized carbons (Fsp3) is 0.235. The summed E-state index contributed by atoms with van der Waals surface area (Å²) in [6.45, 7) is 6.44. The molecule has 1 N–H and O–H groups in total. The predicted octanol–water partition coefficient (Wildman–Crippen LogP) is 5.00. The van der Waals surface area contributed by atoms with Crippen LogP contribution in [0.4, 0.5) is 5.13 Å². The summed E-state index contributed by atoms with van der Waals surface area (Å²) in [5, 5.41) is 3.39. The number of hydrogen-bond donors (Lipinski definition) is 1. The Morgan fingerprint density at radius 3 is 2.43 bits per heavy atom. The van der Waals surface area contributed by atoms with E-state index >= 15 is 0 Å². The van der Waals surface area contributed by atoms with Crippen LogP contribution in [0.5, 0.6) is 0 Å². The molecule has 0 aliphatic carbocycles. The van der Waals surface area contributed by atoms with Crippen molar-refractivity contribution < 1.29 is 4.79 Å². The van der Waals surface area contributed by atoms with Crippen LogP contribution in [0.25, 0.3) is 10.3 Å². The minimum absolute atomic E-state index is 0.0705. The minimum atomic E-state index is -0.163. The number of nitrogens with zero attached hydrogens (tertiary/aromatic N) is 2. The van der Waals surface area contributed by atoms with Gasteiger partial charge in [-0.25, -0.2) is 9.97 Å². The summed E-state index contributed by atoms with van der Waals surface area (Å²) in [5.74, 6) is -0.163. The Bertz CT molecular complexity index is 866. The number of rotatable bonds is 2. The summed E-state index contributed by atoms with van der Waals surface area (Å²) in [7, 11) is 0. The van der Waals surface area contributed by atoms with Crippen LogP contribution in [0.1, 0.15) is 36.7 Å². The van der Waals surface area contributed by atoms with Crippen LogP contribution in [0, 0.1) is 0 Å². The summed E-state index contributed by atoms with van der Waals surface area (Å²) in [5.41, 5.74) is 2.66. The van der Waals surface area contributed by atoms with E-state index in [1.807, 2.05) is 36.4 Å². The summed E-state index contributed by atoms with van der Waals surface area (Å²) in [4.78, 5) is 21.9. The molecule has 0 spiro atoms. The van der Waals surface area contributed by atoms with Gasteiger partial charge in [0, 0.05) is 5.56 Å². The lowest BCUT2D eigenvalue weighted by molar-refractivity contribution is 0.102. The Balaban J connectivity index is 1.80. The first-order valence-electron chi connectivity index (χ1n) is 7.18. The number of carbonyl (C=O) groups is 1. The van der Waals surface area contributed by atoms with Gasteiger partial charge in [0.1, 0.15) is 15.0 Å². The van der Waals surface area contributed by atoms with Gasteiger partial charge < -0.3 is 0 Å². The van der Waals surface area contributed by atoms with Crippen molar-refractivity contribution in [2.24, 2.45) is 0 Å². The minimum Gasteiger partial charge on any atom is -0.298 e. The largest absolute Gasteiger partial charge is 0.298 e. The fourth-order valence-corrected chi connectivity index (χ4v) is 3.40. The third kappa shape index (κ3) is 3.59. The zero-order valence-electron chi connectivity index (χ0n) is 13.1. The van der Waals surface area contributed by atoms with Gasteiger partial charge in [-0.1, -0.05) is 44.2 Å². The van der Waals surface area contributed by atoms with Crippen LogP contribution < -0.4 is 5.32 Å². The predicted molar refractivity (Wildman–Crippen MR) is 98.2 cm³/mol. The molecule has 3 aromatic rings. The van der Waals surface area contributed by atoms with Crippen LogP contribution in [-0.2, 0) is 5.41 Å². The van der Waals surface area contributed by atoms with E-state index in [1.54, 1.807) is 0 Å². The monoisotopic (exact) mass is 389 g/mol. The third-order valence-corrected chi connectivity index (χ3v) is 4.78. The Morgan fingerprint density at radius 2 is 1.78 bits per heavy atom. The molecule has 118 valence electrons. The van der Waals surface area contributed by atoms with Crippen molar-refractivity contribution in [2.75, 3.05) is 5.32 Å². The second kappa shape index (κ2) is 6.02. The lowest BCUT2D eigenvalue weighted by atomic mass is 9.87. The Kier molecular flexibility index (Phi) is 4.21. The quantitative estimate of drug-likeness (QED) is 0.627.